The molecule has 2 amide bonds. The predicted molar refractivity (Wildman–Crippen MR) is 83.6 cm³/mol. The zero-order chi connectivity index (χ0) is 15.3. The highest BCUT2D eigenvalue weighted by Crippen LogP contribution is 2.25. The second kappa shape index (κ2) is 7.61. The van der Waals surface area contributed by atoms with E-state index in [0.29, 0.717) is 10.7 Å². The zero-order valence-electron chi connectivity index (χ0n) is 11.2. The van der Waals surface area contributed by atoms with Gasteiger partial charge in [-0.15, -0.1) is 0 Å². The number of carbonyl (C=O) groups is 2. The number of halogens is 2. The fourth-order valence-corrected chi connectivity index (χ4v) is 1.90. The molecule has 0 radical (unpaired) electrons. The Hall–Kier alpha value is -1.11. The molecular formula is C13H17BrClN3O2. The van der Waals surface area contributed by atoms with Gasteiger partial charge in [-0.3, -0.25) is 9.59 Å². The molecule has 0 saturated heterocycles. The summed E-state index contributed by atoms with van der Waals surface area (Å²) in [5.74, 6) is -0.706. The molecule has 5 nitrogen and oxygen atoms in total. The molecule has 0 aromatic heterocycles. The number of rotatable bonds is 5. The van der Waals surface area contributed by atoms with Gasteiger partial charge >= 0.3 is 0 Å². The van der Waals surface area contributed by atoms with Crippen molar-refractivity contribution >= 4 is 45.0 Å². The van der Waals surface area contributed by atoms with E-state index in [1.54, 1.807) is 18.2 Å². The summed E-state index contributed by atoms with van der Waals surface area (Å²) in [4.78, 5) is 23.3. The van der Waals surface area contributed by atoms with E-state index in [1.807, 2.05) is 13.8 Å². The molecule has 0 aliphatic carbocycles. The molecule has 110 valence electrons. The van der Waals surface area contributed by atoms with Gasteiger partial charge in [-0.25, -0.2) is 0 Å². The highest BCUT2D eigenvalue weighted by atomic mass is 79.9. The van der Waals surface area contributed by atoms with Crippen LogP contribution in [0.15, 0.2) is 22.7 Å². The van der Waals surface area contributed by atoms with Crippen LogP contribution in [0, 0.1) is 5.92 Å². The van der Waals surface area contributed by atoms with Crippen LogP contribution >= 0.6 is 27.5 Å². The second-order valence-electron chi connectivity index (χ2n) is 4.66. The number of hydrogen-bond donors (Lipinski definition) is 3. The Morgan fingerprint density at radius 3 is 2.65 bits per heavy atom. The van der Waals surface area contributed by atoms with Crippen molar-refractivity contribution in [2.45, 2.75) is 19.9 Å². The maximum Gasteiger partial charge on any atom is 0.243 e. The van der Waals surface area contributed by atoms with E-state index in [2.05, 4.69) is 26.6 Å². The van der Waals surface area contributed by atoms with Crippen molar-refractivity contribution in [3.63, 3.8) is 0 Å². The van der Waals surface area contributed by atoms with Crippen LogP contribution in [-0.2, 0) is 9.59 Å². The molecule has 1 atom stereocenters. The van der Waals surface area contributed by atoms with E-state index in [0.717, 1.165) is 4.47 Å². The van der Waals surface area contributed by atoms with Crippen molar-refractivity contribution in [3.8, 4) is 0 Å². The lowest BCUT2D eigenvalue weighted by Crippen LogP contribution is -2.46. The molecule has 0 heterocycles. The number of nitrogens with two attached hydrogens (primary N) is 1. The predicted octanol–water partition coefficient (Wildman–Crippen LogP) is 2.14. The number of nitrogens with one attached hydrogen (secondary N) is 2. The minimum absolute atomic E-state index is 0.0117. The third-order valence-electron chi connectivity index (χ3n) is 2.65. The lowest BCUT2D eigenvalue weighted by Gasteiger charge is -2.15. The fraction of sp³-hybridized carbons (Fsp3) is 0.385. The summed E-state index contributed by atoms with van der Waals surface area (Å²) < 4.78 is 0.795. The maximum atomic E-state index is 11.7. The minimum atomic E-state index is -0.628. The minimum Gasteiger partial charge on any atom is -0.346 e. The Kier molecular flexibility index (Phi) is 6.45. The van der Waals surface area contributed by atoms with E-state index in [1.165, 1.54) is 0 Å². The number of benzene rings is 1. The fourth-order valence-electron chi connectivity index (χ4n) is 1.38. The molecule has 1 rings (SSSR count). The van der Waals surface area contributed by atoms with E-state index in [9.17, 15) is 9.59 Å². The SMILES string of the molecule is CC(C)[C@H](N)C(=O)NCC(=O)Nc1cc(Br)ccc1Cl. The van der Waals surface area contributed by atoms with Gasteiger partial charge in [0.15, 0.2) is 0 Å². The molecule has 0 saturated carbocycles. The summed E-state index contributed by atoms with van der Waals surface area (Å²) in [6.07, 6.45) is 0. The first-order valence-corrected chi connectivity index (χ1v) is 7.26. The Morgan fingerprint density at radius 2 is 2.05 bits per heavy atom. The Bertz CT molecular complexity index is 508. The number of anilines is 1. The van der Waals surface area contributed by atoms with Gasteiger partial charge in [0.05, 0.1) is 23.3 Å². The Labute approximate surface area is 131 Å². The highest BCUT2D eigenvalue weighted by molar-refractivity contribution is 9.10. The van der Waals surface area contributed by atoms with E-state index in [4.69, 9.17) is 17.3 Å². The van der Waals surface area contributed by atoms with E-state index in [-0.39, 0.29) is 24.3 Å². The molecule has 0 bridgehead atoms. The number of amides is 2. The first kappa shape index (κ1) is 16.9. The van der Waals surface area contributed by atoms with Gasteiger partial charge in [0.1, 0.15) is 0 Å². The second-order valence-corrected chi connectivity index (χ2v) is 5.98. The van der Waals surface area contributed by atoms with Gasteiger partial charge in [0, 0.05) is 4.47 Å². The van der Waals surface area contributed by atoms with Crippen LogP contribution in [0.25, 0.3) is 0 Å². The largest absolute Gasteiger partial charge is 0.346 e. The normalized spacial score (nSPS) is 12.1. The quantitative estimate of drug-likeness (QED) is 0.750. The van der Waals surface area contributed by atoms with E-state index >= 15 is 0 Å². The van der Waals surface area contributed by atoms with Gasteiger partial charge in [-0.1, -0.05) is 41.4 Å². The number of carbonyl (C=O) groups excluding carboxylic acids is 2. The lowest BCUT2D eigenvalue weighted by molar-refractivity contribution is -0.125. The molecule has 0 aliphatic rings. The van der Waals surface area contributed by atoms with Gasteiger partial charge < -0.3 is 16.4 Å². The summed E-state index contributed by atoms with van der Waals surface area (Å²) in [5, 5.41) is 5.53. The van der Waals surface area contributed by atoms with Crippen molar-refractivity contribution in [1.82, 2.24) is 5.32 Å². The Morgan fingerprint density at radius 1 is 1.40 bits per heavy atom. The topological polar surface area (TPSA) is 84.2 Å². The van der Waals surface area contributed by atoms with Crippen LogP contribution in [-0.4, -0.2) is 24.4 Å². The smallest absolute Gasteiger partial charge is 0.243 e. The van der Waals surface area contributed by atoms with Gasteiger partial charge in [-0.05, 0) is 24.1 Å². The molecule has 20 heavy (non-hydrogen) atoms. The molecular weight excluding hydrogens is 346 g/mol. The van der Waals surface area contributed by atoms with Gasteiger partial charge in [0.2, 0.25) is 11.8 Å². The van der Waals surface area contributed by atoms with Crippen molar-refractivity contribution in [1.29, 1.82) is 0 Å². The van der Waals surface area contributed by atoms with Crippen molar-refractivity contribution in [3.05, 3.63) is 27.7 Å². The molecule has 7 heteroatoms. The molecule has 4 N–H and O–H groups in total. The van der Waals surface area contributed by atoms with Crippen LogP contribution in [0.2, 0.25) is 5.02 Å². The highest BCUT2D eigenvalue weighted by Gasteiger charge is 2.17. The number of hydrogen-bond acceptors (Lipinski definition) is 3. The molecule has 0 unspecified atom stereocenters. The first-order chi connectivity index (χ1) is 9.31. The summed E-state index contributed by atoms with van der Waals surface area (Å²) in [6.45, 7) is 3.53. The maximum absolute atomic E-state index is 11.7. The third kappa shape index (κ3) is 5.11. The first-order valence-electron chi connectivity index (χ1n) is 6.09. The standard InChI is InChI=1S/C13H17BrClN3O2/c1-7(2)12(16)13(20)17-6-11(19)18-10-5-8(14)3-4-9(10)15/h3-5,7,12H,6,16H2,1-2H3,(H,17,20)(H,18,19)/t12-/m0/s1. The summed E-state index contributed by atoms with van der Waals surface area (Å²) in [6, 6.07) is 4.48. The van der Waals surface area contributed by atoms with Crippen LogP contribution in [0.3, 0.4) is 0 Å². The van der Waals surface area contributed by atoms with Crippen LogP contribution in [0.4, 0.5) is 5.69 Å². The molecule has 0 fully saturated rings. The van der Waals surface area contributed by atoms with Crippen molar-refractivity contribution < 1.29 is 9.59 Å². The van der Waals surface area contributed by atoms with Crippen molar-refractivity contribution in [2.75, 3.05) is 11.9 Å². The molecule has 0 aliphatic heterocycles. The monoisotopic (exact) mass is 361 g/mol. The van der Waals surface area contributed by atoms with Crippen LogP contribution in [0.1, 0.15) is 13.8 Å². The van der Waals surface area contributed by atoms with Gasteiger partial charge in [0.25, 0.3) is 0 Å². The molecule has 0 spiro atoms. The molecule has 1 aromatic carbocycles. The van der Waals surface area contributed by atoms with Crippen LogP contribution < -0.4 is 16.4 Å². The third-order valence-corrected chi connectivity index (χ3v) is 3.47. The van der Waals surface area contributed by atoms with Crippen LogP contribution in [0.5, 0.6) is 0 Å². The zero-order valence-corrected chi connectivity index (χ0v) is 13.6. The average molecular weight is 363 g/mol. The summed E-state index contributed by atoms with van der Waals surface area (Å²) in [5.41, 5.74) is 6.15. The summed E-state index contributed by atoms with van der Waals surface area (Å²) >= 11 is 9.24. The van der Waals surface area contributed by atoms with Crippen molar-refractivity contribution in [2.24, 2.45) is 11.7 Å². The van der Waals surface area contributed by atoms with E-state index < -0.39 is 6.04 Å². The molecule has 1 aromatic rings. The lowest BCUT2D eigenvalue weighted by atomic mass is 10.1. The average Bonchev–Trinajstić information content (AvgIpc) is 2.39. The van der Waals surface area contributed by atoms with Gasteiger partial charge in [-0.2, -0.15) is 0 Å². The Balaban J connectivity index is 2.52. The summed E-state index contributed by atoms with van der Waals surface area (Å²) in [7, 11) is 0.